The first-order valence-corrected chi connectivity index (χ1v) is 7.36. The van der Waals surface area contributed by atoms with Gasteiger partial charge in [0.05, 0.1) is 17.4 Å². The molecule has 124 valence electrons. The number of carbonyl (C=O) groups is 1. The van der Waals surface area contributed by atoms with Crippen LogP contribution in [0, 0.1) is 5.82 Å². The maximum Gasteiger partial charge on any atom is 0.416 e. The minimum Gasteiger partial charge on any atom is -0.318 e. The molecule has 24 heavy (non-hydrogen) atoms. The summed E-state index contributed by atoms with van der Waals surface area (Å²) in [6, 6.07) is 5.13. The van der Waals surface area contributed by atoms with Gasteiger partial charge >= 0.3 is 6.18 Å². The van der Waals surface area contributed by atoms with Crippen molar-refractivity contribution in [2.45, 2.75) is 6.18 Å². The van der Waals surface area contributed by atoms with Crippen LogP contribution in [0.1, 0.15) is 16.1 Å². The molecule has 0 saturated carbocycles. The Bertz CT molecular complexity index is 936. The largest absolute Gasteiger partial charge is 0.416 e. The summed E-state index contributed by atoms with van der Waals surface area (Å²) < 4.78 is 54.0. The third-order valence-corrected chi connectivity index (χ3v) is 3.74. The molecule has 2 aromatic heterocycles. The summed E-state index contributed by atoms with van der Waals surface area (Å²) in [5.41, 5.74) is -1.09. The molecule has 0 spiro atoms. The first-order valence-electron chi connectivity index (χ1n) is 6.56. The van der Waals surface area contributed by atoms with Crippen molar-refractivity contribution in [3.8, 4) is 0 Å². The molecule has 9 heteroatoms. The zero-order chi connectivity index (χ0) is 17.5. The smallest absolute Gasteiger partial charge is 0.318 e. The number of alkyl halides is 3. The second-order valence-corrected chi connectivity index (χ2v) is 5.78. The van der Waals surface area contributed by atoms with E-state index in [0.717, 1.165) is 4.47 Å². The number of hydrogen-bond donors (Lipinski definition) is 1. The highest BCUT2D eigenvalue weighted by Crippen LogP contribution is 2.32. The van der Waals surface area contributed by atoms with Crippen molar-refractivity contribution < 1.29 is 22.4 Å². The lowest BCUT2D eigenvalue weighted by Gasteiger charge is -2.11. The zero-order valence-corrected chi connectivity index (χ0v) is 13.3. The summed E-state index contributed by atoms with van der Waals surface area (Å²) >= 11 is 3.26. The topological polar surface area (TPSA) is 46.4 Å². The molecule has 1 N–H and O–H groups in total. The summed E-state index contributed by atoms with van der Waals surface area (Å²) in [5, 5.41) is 2.15. The van der Waals surface area contributed by atoms with Gasteiger partial charge in [0.1, 0.15) is 17.2 Å². The maximum absolute atomic E-state index is 13.7. The fraction of sp³-hybridized carbons (Fsp3) is 0.0667. The molecule has 1 amide bonds. The molecule has 4 nitrogen and oxygen atoms in total. The van der Waals surface area contributed by atoms with E-state index in [1.165, 1.54) is 10.6 Å². The molecule has 0 aliphatic carbocycles. The van der Waals surface area contributed by atoms with Gasteiger partial charge in [0, 0.05) is 10.7 Å². The van der Waals surface area contributed by atoms with Crippen molar-refractivity contribution in [2.75, 3.05) is 5.32 Å². The fourth-order valence-electron chi connectivity index (χ4n) is 2.11. The number of pyridine rings is 1. The molecule has 3 aromatic rings. The van der Waals surface area contributed by atoms with Crippen molar-refractivity contribution in [1.82, 2.24) is 9.38 Å². The lowest BCUT2D eigenvalue weighted by Crippen LogP contribution is -2.16. The summed E-state index contributed by atoms with van der Waals surface area (Å²) in [6.07, 6.45) is -1.82. The Morgan fingerprint density at radius 3 is 2.67 bits per heavy atom. The molecule has 0 bridgehead atoms. The molecule has 0 radical (unpaired) electrons. The van der Waals surface area contributed by atoms with Gasteiger partial charge in [0.25, 0.3) is 5.91 Å². The number of rotatable bonds is 2. The minimum atomic E-state index is -4.64. The van der Waals surface area contributed by atoms with Gasteiger partial charge < -0.3 is 5.32 Å². The van der Waals surface area contributed by atoms with Crippen LogP contribution in [0.2, 0.25) is 0 Å². The van der Waals surface area contributed by atoms with E-state index in [2.05, 4.69) is 26.2 Å². The predicted octanol–water partition coefficient (Wildman–Crippen LogP) is 4.51. The zero-order valence-electron chi connectivity index (χ0n) is 11.7. The average molecular weight is 402 g/mol. The molecule has 0 aliphatic rings. The van der Waals surface area contributed by atoms with Crippen molar-refractivity contribution in [3.05, 3.63) is 64.3 Å². The molecule has 0 atom stereocenters. The summed E-state index contributed by atoms with van der Waals surface area (Å²) in [5.74, 6) is -1.74. The Morgan fingerprint density at radius 1 is 1.21 bits per heavy atom. The Hall–Kier alpha value is -2.42. The van der Waals surface area contributed by atoms with Crippen molar-refractivity contribution >= 4 is 33.2 Å². The van der Waals surface area contributed by atoms with Gasteiger partial charge in [-0.3, -0.25) is 9.20 Å². The van der Waals surface area contributed by atoms with E-state index in [9.17, 15) is 22.4 Å². The van der Waals surface area contributed by atoms with E-state index in [1.807, 2.05) is 0 Å². The van der Waals surface area contributed by atoms with E-state index >= 15 is 0 Å². The Labute approximate surface area is 141 Å². The number of benzene rings is 1. The highest BCUT2D eigenvalue weighted by Gasteiger charge is 2.31. The summed E-state index contributed by atoms with van der Waals surface area (Å²) in [7, 11) is 0. The van der Waals surface area contributed by atoms with Gasteiger partial charge in [-0.2, -0.15) is 13.2 Å². The third-order valence-electron chi connectivity index (χ3n) is 3.25. The van der Waals surface area contributed by atoms with Gasteiger partial charge in [0.15, 0.2) is 0 Å². The number of carbonyl (C=O) groups excluding carboxylic acids is 1. The van der Waals surface area contributed by atoms with Gasteiger partial charge in [-0.25, -0.2) is 9.37 Å². The summed E-state index contributed by atoms with van der Waals surface area (Å²) in [6.45, 7) is 0. The lowest BCUT2D eigenvalue weighted by molar-refractivity contribution is -0.137. The van der Waals surface area contributed by atoms with Crippen LogP contribution >= 0.6 is 15.9 Å². The van der Waals surface area contributed by atoms with Crippen LogP contribution < -0.4 is 5.32 Å². The Kier molecular flexibility index (Phi) is 4.04. The van der Waals surface area contributed by atoms with E-state index in [4.69, 9.17) is 0 Å². The van der Waals surface area contributed by atoms with Crippen LogP contribution in [0.3, 0.4) is 0 Å². The highest BCUT2D eigenvalue weighted by molar-refractivity contribution is 9.10. The van der Waals surface area contributed by atoms with Crippen LogP contribution in [0.4, 0.5) is 23.2 Å². The number of nitrogens with zero attached hydrogens (tertiary/aromatic N) is 2. The normalized spacial score (nSPS) is 11.7. The second kappa shape index (κ2) is 5.90. The fourth-order valence-corrected chi connectivity index (χ4v) is 2.43. The molecule has 2 heterocycles. The molecular formula is C15H8BrF4N3O. The van der Waals surface area contributed by atoms with Crippen molar-refractivity contribution in [2.24, 2.45) is 0 Å². The maximum atomic E-state index is 13.7. The first-order chi connectivity index (χ1) is 11.3. The monoisotopic (exact) mass is 401 g/mol. The van der Waals surface area contributed by atoms with Crippen LogP contribution in [-0.2, 0) is 6.18 Å². The SMILES string of the molecule is O=C(Nc1cc(C(F)(F)F)ccc1F)c1cnc2cc(Br)ccn12. The quantitative estimate of drug-likeness (QED) is 0.642. The van der Waals surface area contributed by atoms with Crippen LogP contribution in [-0.4, -0.2) is 15.3 Å². The highest BCUT2D eigenvalue weighted by atomic mass is 79.9. The number of hydrogen-bond acceptors (Lipinski definition) is 2. The molecule has 0 fully saturated rings. The van der Waals surface area contributed by atoms with Gasteiger partial charge in [0.2, 0.25) is 0 Å². The number of halogens is 5. The predicted molar refractivity (Wildman–Crippen MR) is 82.2 cm³/mol. The first kappa shape index (κ1) is 16.4. The number of amides is 1. The molecule has 0 unspecified atom stereocenters. The molecule has 1 aromatic carbocycles. The van der Waals surface area contributed by atoms with E-state index in [-0.39, 0.29) is 5.69 Å². The second-order valence-electron chi connectivity index (χ2n) is 4.86. The van der Waals surface area contributed by atoms with Gasteiger partial charge in [-0.05, 0) is 30.3 Å². The molecule has 0 saturated heterocycles. The Morgan fingerprint density at radius 2 is 1.96 bits per heavy atom. The Balaban J connectivity index is 1.94. The number of nitrogens with one attached hydrogen (secondary N) is 1. The molecule has 3 rings (SSSR count). The number of fused-ring (bicyclic) bond motifs is 1. The number of aromatic nitrogens is 2. The van der Waals surface area contributed by atoms with Crippen molar-refractivity contribution in [3.63, 3.8) is 0 Å². The standard InChI is InChI=1S/C15H8BrF4N3O/c16-9-3-4-23-12(7-21-13(23)6-9)14(24)22-11-5-8(15(18,19)20)1-2-10(11)17/h1-7H,(H,22,24). The van der Waals surface area contributed by atoms with Gasteiger partial charge in [-0.1, -0.05) is 15.9 Å². The van der Waals surface area contributed by atoms with Crippen LogP contribution in [0.15, 0.2) is 47.2 Å². The van der Waals surface area contributed by atoms with Gasteiger partial charge in [-0.15, -0.1) is 0 Å². The lowest BCUT2D eigenvalue weighted by atomic mass is 10.2. The number of anilines is 1. The van der Waals surface area contributed by atoms with Crippen LogP contribution in [0.5, 0.6) is 0 Å². The molecule has 0 aliphatic heterocycles. The average Bonchev–Trinajstić information content (AvgIpc) is 2.91. The molecular weight excluding hydrogens is 394 g/mol. The minimum absolute atomic E-state index is 0.0642. The van der Waals surface area contributed by atoms with Crippen LogP contribution in [0.25, 0.3) is 5.65 Å². The third kappa shape index (κ3) is 3.12. The number of imidazole rings is 1. The van der Waals surface area contributed by atoms with E-state index in [1.54, 1.807) is 18.3 Å². The van der Waals surface area contributed by atoms with Crippen molar-refractivity contribution in [1.29, 1.82) is 0 Å². The van der Waals surface area contributed by atoms with E-state index < -0.39 is 29.2 Å². The van der Waals surface area contributed by atoms with E-state index in [0.29, 0.717) is 23.8 Å². The summed E-state index contributed by atoms with van der Waals surface area (Å²) in [4.78, 5) is 16.3.